The van der Waals surface area contributed by atoms with Crippen LogP contribution in [0.4, 0.5) is 0 Å². The molecule has 1 heterocycles. The van der Waals surface area contributed by atoms with E-state index in [4.69, 9.17) is 27.7 Å². The Morgan fingerprint density at radius 3 is 1.87 bits per heavy atom. The molecule has 6 atom stereocenters. The van der Waals surface area contributed by atoms with Gasteiger partial charge in [-0.2, -0.15) is 0 Å². The van der Waals surface area contributed by atoms with Crippen LogP contribution in [0.25, 0.3) is 0 Å². The number of carbonyl (C=O) groups is 6. The van der Waals surface area contributed by atoms with Crippen LogP contribution >= 0.6 is 7.60 Å². The largest absolute Gasteiger partial charge is 0.460 e. The van der Waals surface area contributed by atoms with Gasteiger partial charge in [-0.3, -0.25) is 18.9 Å². The van der Waals surface area contributed by atoms with E-state index in [1.807, 2.05) is 20.0 Å². The van der Waals surface area contributed by atoms with Gasteiger partial charge in [-0.1, -0.05) is 113 Å². The highest BCUT2D eigenvalue weighted by molar-refractivity contribution is 7.54. The number of carbonyl (C=O) groups excluding carboxylic acids is 6. The van der Waals surface area contributed by atoms with Crippen LogP contribution in [0.2, 0.25) is 18.1 Å². The monoisotopic (exact) mass is 934 g/mol. The number of rotatable bonds is 32. The van der Waals surface area contributed by atoms with Gasteiger partial charge in [0.05, 0.1) is 32.3 Å². The van der Waals surface area contributed by atoms with Gasteiger partial charge >= 0.3 is 19.5 Å². The Morgan fingerprint density at radius 2 is 1.41 bits per heavy atom. The van der Waals surface area contributed by atoms with E-state index in [0.29, 0.717) is 12.7 Å². The predicted octanol–water partition coefficient (Wildman–Crippen LogP) is 7.71. The lowest BCUT2D eigenvalue weighted by atomic mass is 9.88. The van der Waals surface area contributed by atoms with E-state index < -0.39 is 94.3 Å². The summed E-state index contributed by atoms with van der Waals surface area (Å²) < 4.78 is 46.9. The second-order valence-corrected chi connectivity index (χ2v) is 26.3. The number of hydrogen-bond donors (Lipinski definition) is 2. The maximum atomic E-state index is 14.3. The quantitative estimate of drug-likeness (QED) is 0.0219. The first-order valence-electron chi connectivity index (χ1n) is 23.1. The van der Waals surface area contributed by atoms with Gasteiger partial charge in [-0.15, -0.1) is 0 Å². The Labute approximate surface area is 379 Å². The van der Waals surface area contributed by atoms with Crippen LogP contribution in [0.15, 0.2) is 0 Å². The SMILES string of the molecule is CCOP(=O)(CC(=O)N(C)CC(=O)N[C@H](C(=O)O[C@H](C(C)C(=O)N[C@@H](C=O)CO[Si](C)(C)C(C)(C)C)[C@H](C)CCCCCCCCCCCC(C)C)[C@@H]1OC(C)(C)OC1=O)OCC. The van der Waals surface area contributed by atoms with E-state index in [1.165, 1.54) is 59.4 Å². The molecule has 366 valence electrons. The molecule has 0 bridgehead atoms. The van der Waals surface area contributed by atoms with Crippen molar-refractivity contribution in [2.24, 2.45) is 17.8 Å². The Hall–Kier alpha value is -2.69. The first-order valence-corrected chi connectivity index (χ1v) is 27.8. The topological polar surface area (TPSA) is 202 Å². The van der Waals surface area contributed by atoms with Crippen molar-refractivity contribution in [2.75, 3.05) is 39.6 Å². The predicted molar refractivity (Wildman–Crippen MR) is 245 cm³/mol. The minimum Gasteiger partial charge on any atom is -0.460 e. The third-order valence-corrected chi connectivity index (χ3v) is 18.2. The molecule has 0 aromatic carbocycles. The van der Waals surface area contributed by atoms with Crippen molar-refractivity contribution in [2.45, 2.75) is 195 Å². The van der Waals surface area contributed by atoms with Crippen LogP contribution in [0, 0.1) is 17.8 Å². The zero-order valence-corrected chi connectivity index (χ0v) is 43.0. The highest BCUT2D eigenvalue weighted by atomic mass is 31.2. The number of cyclic esters (lactones) is 1. The Kier molecular flexibility index (Phi) is 25.6. The molecule has 0 radical (unpaired) electrons. The van der Waals surface area contributed by atoms with Crippen molar-refractivity contribution < 1.29 is 61.0 Å². The van der Waals surface area contributed by atoms with Crippen molar-refractivity contribution in [1.82, 2.24) is 15.5 Å². The summed E-state index contributed by atoms with van der Waals surface area (Å²) in [5.74, 6) is -6.17. The number of unbranched alkanes of at least 4 members (excludes halogenated alkanes) is 8. The molecule has 0 aromatic rings. The van der Waals surface area contributed by atoms with Gasteiger partial charge in [0, 0.05) is 20.9 Å². The van der Waals surface area contributed by atoms with Crippen LogP contribution in [-0.2, 0) is 61.0 Å². The standard InChI is InChI=1S/C45H84N3O13PSi/c1-15-56-62(55,57-16-2)31-37(51)48(12)28-36(50)47-38(40-43(54)61-45(10,11)60-40)42(53)59-39(33(5)27-25-23-21-19-17-18-20-22-24-26-32(3)4)34(6)41(52)46-35(29-49)30-58-63(13,14)44(7,8)9/h29,32-35,38-40H,15-28,30-31H2,1-14H3,(H,46,52)(H,47,50)/t33-,34?,35+,38+,39+,40+/m1/s1. The van der Waals surface area contributed by atoms with E-state index in [-0.39, 0.29) is 30.8 Å². The summed E-state index contributed by atoms with van der Waals surface area (Å²) in [6.45, 7) is 23.9. The summed E-state index contributed by atoms with van der Waals surface area (Å²) in [5, 5.41) is 5.13. The molecule has 1 aliphatic rings. The van der Waals surface area contributed by atoms with Crippen LogP contribution < -0.4 is 10.6 Å². The molecule has 1 aliphatic heterocycles. The maximum absolute atomic E-state index is 14.3. The average Bonchev–Trinajstić information content (AvgIpc) is 3.46. The van der Waals surface area contributed by atoms with Crippen molar-refractivity contribution >= 4 is 51.9 Å². The van der Waals surface area contributed by atoms with Gasteiger partial charge in [-0.25, -0.2) is 9.59 Å². The van der Waals surface area contributed by atoms with Gasteiger partial charge in [0.25, 0.3) is 0 Å². The van der Waals surface area contributed by atoms with Crippen LogP contribution in [0.3, 0.4) is 0 Å². The number of aldehydes is 1. The number of esters is 2. The highest BCUT2D eigenvalue weighted by Crippen LogP contribution is 2.48. The second kappa shape index (κ2) is 27.7. The van der Waals surface area contributed by atoms with E-state index >= 15 is 0 Å². The zero-order chi connectivity index (χ0) is 48.2. The van der Waals surface area contributed by atoms with E-state index in [9.17, 15) is 33.3 Å². The molecule has 0 aliphatic carbocycles. The molecule has 1 saturated heterocycles. The second-order valence-electron chi connectivity index (χ2n) is 19.4. The number of nitrogens with one attached hydrogen (secondary N) is 2. The molecular weight excluding hydrogens is 850 g/mol. The van der Waals surface area contributed by atoms with E-state index in [1.54, 1.807) is 20.8 Å². The van der Waals surface area contributed by atoms with Gasteiger partial charge in [0.2, 0.25) is 23.5 Å². The fourth-order valence-electron chi connectivity index (χ4n) is 6.90. The third-order valence-electron chi connectivity index (χ3n) is 11.7. The minimum absolute atomic E-state index is 0.0207. The number of ether oxygens (including phenoxy) is 3. The Morgan fingerprint density at radius 1 is 0.889 bits per heavy atom. The van der Waals surface area contributed by atoms with E-state index in [0.717, 1.165) is 36.5 Å². The molecule has 0 aromatic heterocycles. The summed E-state index contributed by atoms with van der Waals surface area (Å²) in [6.07, 6.45) is 9.27. The normalized spacial score (nSPS) is 17.9. The fraction of sp³-hybridized carbons (Fsp3) is 0.867. The smallest absolute Gasteiger partial charge is 0.340 e. The average molecular weight is 934 g/mol. The zero-order valence-electron chi connectivity index (χ0n) is 41.1. The summed E-state index contributed by atoms with van der Waals surface area (Å²) >= 11 is 0. The van der Waals surface area contributed by atoms with E-state index in [2.05, 4.69) is 45.3 Å². The highest BCUT2D eigenvalue weighted by Gasteiger charge is 2.50. The van der Waals surface area contributed by atoms with Crippen molar-refractivity contribution in [3.05, 3.63) is 0 Å². The third kappa shape index (κ3) is 21.4. The molecule has 63 heavy (non-hydrogen) atoms. The van der Waals surface area contributed by atoms with Gasteiger partial charge < -0.3 is 48.0 Å². The lowest BCUT2D eigenvalue weighted by molar-refractivity contribution is -0.170. The van der Waals surface area contributed by atoms with Gasteiger partial charge in [0.1, 0.15) is 24.6 Å². The van der Waals surface area contributed by atoms with Crippen molar-refractivity contribution in [1.29, 1.82) is 0 Å². The first-order chi connectivity index (χ1) is 29.2. The summed E-state index contributed by atoms with van der Waals surface area (Å²) in [7, 11) is -4.75. The van der Waals surface area contributed by atoms with Crippen LogP contribution in [0.5, 0.6) is 0 Å². The molecule has 2 N–H and O–H groups in total. The lowest BCUT2D eigenvalue weighted by Crippen LogP contribution is -2.56. The fourth-order valence-corrected chi connectivity index (χ4v) is 9.55. The molecule has 0 spiro atoms. The first kappa shape index (κ1) is 58.3. The molecule has 3 amide bonds. The maximum Gasteiger partial charge on any atom is 0.340 e. The van der Waals surface area contributed by atoms with Crippen LogP contribution in [-0.4, -0.2) is 119 Å². The minimum atomic E-state index is -3.79. The molecule has 1 unspecified atom stereocenters. The Bertz CT molecular complexity index is 1490. The molecule has 1 rings (SSSR count). The molecule has 18 heteroatoms. The number of nitrogens with zero attached hydrogens (tertiary/aromatic N) is 1. The lowest BCUT2D eigenvalue weighted by Gasteiger charge is -2.37. The Balaban J connectivity index is 3.29. The summed E-state index contributed by atoms with van der Waals surface area (Å²) in [6, 6.07) is -2.70. The van der Waals surface area contributed by atoms with Crippen LogP contribution in [0.1, 0.15) is 147 Å². The van der Waals surface area contributed by atoms with Crippen molar-refractivity contribution in [3.8, 4) is 0 Å². The molecule has 1 fully saturated rings. The van der Waals surface area contributed by atoms with Crippen molar-refractivity contribution in [3.63, 3.8) is 0 Å². The summed E-state index contributed by atoms with van der Waals surface area (Å²) in [5.41, 5.74) is 0. The molecule has 16 nitrogen and oxygen atoms in total. The summed E-state index contributed by atoms with van der Waals surface area (Å²) in [4.78, 5) is 81.1. The number of likely N-dealkylation sites (N-methyl/N-ethyl adjacent to an activating group) is 1. The number of amides is 3. The molecule has 0 saturated carbocycles. The van der Waals surface area contributed by atoms with Gasteiger partial charge in [-0.05, 0) is 50.2 Å². The molecular formula is C45H84N3O13PSi. The van der Waals surface area contributed by atoms with Gasteiger partial charge in [0.15, 0.2) is 20.5 Å². The number of hydrogen-bond acceptors (Lipinski definition) is 13.